The van der Waals surface area contributed by atoms with E-state index in [4.69, 9.17) is 4.74 Å². The van der Waals surface area contributed by atoms with Crippen molar-refractivity contribution in [3.63, 3.8) is 0 Å². The number of carboxylic acid groups (broad SMARTS) is 1. The number of benzene rings is 3. The maximum atomic E-state index is 14.5. The number of aliphatic carboxylic acids is 1. The molecule has 150 valence electrons. The van der Waals surface area contributed by atoms with E-state index in [1.54, 1.807) is 6.07 Å². The van der Waals surface area contributed by atoms with Gasteiger partial charge in [0, 0.05) is 5.56 Å². The van der Waals surface area contributed by atoms with Gasteiger partial charge >= 0.3 is 5.97 Å². The summed E-state index contributed by atoms with van der Waals surface area (Å²) in [4.78, 5) is 11.3. The molecule has 3 aromatic carbocycles. The number of para-hydroxylation sites is 1. The van der Waals surface area contributed by atoms with E-state index >= 15 is 0 Å². The zero-order chi connectivity index (χ0) is 21.1. The number of ether oxygens (including phenoxy) is 1. The summed E-state index contributed by atoms with van der Waals surface area (Å²) in [6, 6.07) is 22.5. The molecule has 0 heterocycles. The third kappa shape index (κ3) is 4.03. The molecule has 0 fully saturated rings. The van der Waals surface area contributed by atoms with Gasteiger partial charge in [-0.3, -0.25) is 4.79 Å². The highest BCUT2D eigenvalue weighted by atomic mass is 19.1. The molecular formula is C26H21FO3. The highest BCUT2D eigenvalue weighted by Crippen LogP contribution is 2.44. The van der Waals surface area contributed by atoms with Crippen molar-refractivity contribution in [2.24, 2.45) is 0 Å². The average molecular weight is 400 g/mol. The zero-order valence-electron chi connectivity index (χ0n) is 16.6. The number of carbonyl (C=O) groups is 1. The lowest BCUT2D eigenvalue weighted by molar-refractivity contribution is -0.135. The van der Waals surface area contributed by atoms with Gasteiger partial charge in [0.15, 0.2) is 0 Å². The molecule has 30 heavy (non-hydrogen) atoms. The summed E-state index contributed by atoms with van der Waals surface area (Å²) < 4.78 is 20.3. The minimum absolute atomic E-state index is 0.202. The average Bonchev–Trinajstić information content (AvgIpc) is 3.00. The molecule has 0 radical (unpaired) electrons. The molecule has 0 unspecified atom stereocenters. The van der Waals surface area contributed by atoms with Gasteiger partial charge in [-0.15, -0.1) is 0 Å². The van der Waals surface area contributed by atoms with Crippen LogP contribution < -0.4 is 4.74 Å². The van der Waals surface area contributed by atoms with Gasteiger partial charge in [-0.05, 0) is 64.6 Å². The molecule has 0 spiro atoms. The lowest BCUT2D eigenvalue weighted by Crippen LogP contribution is -1.98. The van der Waals surface area contributed by atoms with Crippen LogP contribution in [-0.2, 0) is 11.4 Å². The summed E-state index contributed by atoms with van der Waals surface area (Å²) in [5, 5.41) is 9.26. The molecule has 0 saturated carbocycles. The Kier molecular flexibility index (Phi) is 5.48. The predicted octanol–water partition coefficient (Wildman–Crippen LogP) is 6.21. The van der Waals surface area contributed by atoms with Crippen molar-refractivity contribution in [1.82, 2.24) is 0 Å². The number of allylic oxidation sites excluding steroid dienone is 2. The molecule has 1 aliphatic carbocycles. The van der Waals surface area contributed by atoms with Crippen LogP contribution in [0.2, 0.25) is 0 Å². The normalized spacial score (nSPS) is 14.1. The number of rotatable bonds is 6. The standard InChI is InChI=1S/C26H21FO3/c1-17-22(21-8-5-9-24(27)26(21)23(17)15-25(28)29)14-18-10-12-19(13-11-18)16-30-20-6-3-2-4-7-20/h2-14H,15-16H2,1H3,(H,28,29)/b22-14-. The fourth-order valence-electron chi connectivity index (χ4n) is 3.73. The Morgan fingerprint density at radius 1 is 1.00 bits per heavy atom. The Morgan fingerprint density at radius 3 is 2.43 bits per heavy atom. The van der Waals surface area contributed by atoms with Crippen LogP contribution in [0.3, 0.4) is 0 Å². The Labute approximate surface area is 174 Å². The number of carboxylic acids is 1. The highest BCUT2D eigenvalue weighted by Gasteiger charge is 2.27. The minimum Gasteiger partial charge on any atom is -0.489 e. The summed E-state index contributed by atoms with van der Waals surface area (Å²) in [5.74, 6) is -0.539. The SMILES string of the molecule is CC1=C(CC(=O)O)c2c(F)cccc2/C1=C\c1ccc(COc2ccccc2)cc1. The number of halogens is 1. The first-order chi connectivity index (χ1) is 14.5. The zero-order valence-corrected chi connectivity index (χ0v) is 16.6. The van der Waals surface area contributed by atoms with Gasteiger partial charge in [0.05, 0.1) is 6.42 Å². The molecule has 3 aromatic rings. The molecule has 4 rings (SSSR count). The summed E-state index contributed by atoms with van der Waals surface area (Å²) >= 11 is 0. The predicted molar refractivity (Wildman–Crippen MR) is 116 cm³/mol. The van der Waals surface area contributed by atoms with E-state index in [0.29, 0.717) is 17.7 Å². The molecule has 0 atom stereocenters. The van der Waals surface area contributed by atoms with Gasteiger partial charge in [-0.1, -0.05) is 54.6 Å². The Morgan fingerprint density at radius 2 is 1.73 bits per heavy atom. The van der Waals surface area contributed by atoms with Crippen molar-refractivity contribution < 1.29 is 19.0 Å². The van der Waals surface area contributed by atoms with E-state index in [0.717, 1.165) is 33.6 Å². The van der Waals surface area contributed by atoms with E-state index in [-0.39, 0.29) is 12.2 Å². The molecule has 4 heteroatoms. The molecule has 1 N–H and O–H groups in total. The molecular weight excluding hydrogens is 379 g/mol. The highest BCUT2D eigenvalue weighted by molar-refractivity contribution is 6.07. The van der Waals surface area contributed by atoms with Crippen molar-refractivity contribution in [2.45, 2.75) is 20.0 Å². The topological polar surface area (TPSA) is 46.5 Å². The monoisotopic (exact) mass is 400 g/mol. The third-order valence-electron chi connectivity index (χ3n) is 5.23. The maximum absolute atomic E-state index is 14.5. The van der Waals surface area contributed by atoms with Gasteiger partial charge in [-0.2, -0.15) is 0 Å². The molecule has 1 aliphatic rings. The van der Waals surface area contributed by atoms with Gasteiger partial charge < -0.3 is 9.84 Å². The lowest BCUT2D eigenvalue weighted by Gasteiger charge is -2.07. The smallest absolute Gasteiger partial charge is 0.307 e. The van der Waals surface area contributed by atoms with Crippen LogP contribution in [0, 0.1) is 5.82 Å². The molecule has 3 nitrogen and oxygen atoms in total. The second-order valence-corrected chi connectivity index (χ2v) is 7.24. The second-order valence-electron chi connectivity index (χ2n) is 7.24. The fraction of sp³-hybridized carbons (Fsp3) is 0.115. The summed E-state index contributed by atoms with van der Waals surface area (Å²) in [7, 11) is 0. The summed E-state index contributed by atoms with van der Waals surface area (Å²) in [5.41, 5.74) is 5.33. The van der Waals surface area contributed by atoms with Crippen LogP contribution in [0.25, 0.3) is 17.2 Å². The lowest BCUT2D eigenvalue weighted by atomic mass is 10.00. The molecule has 0 bridgehead atoms. The van der Waals surface area contributed by atoms with E-state index < -0.39 is 5.97 Å². The van der Waals surface area contributed by atoms with Crippen LogP contribution in [0.5, 0.6) is 5.75 Å². The Hall–Kier alpha value is -3.66. The molecule has 0 aliphatic heterocycles. The van der Waals surface area contributed by atoms with Crippen LogP contribution in [0.4, 0.5) is 4.39 Å². The van der Waals surface area contributed by atoms with Crippen molar-refractivity contribution in [3.8, 4) is 5.75 Å². The minimum atomic E-state index is -0.970. The van der Waals surface area contributed by atoms with Crippen molar-refractivity contribution in [3.05, 3.63) is 106 Å². The van der Waals surface area contributed by atoms with Crippen molar-refractivity contribution >= 4 is 23.2 Å². The fourth-order valence-corrected chi connectivity index (χ4v) is 3.73. The molecule has 0 aromatic heterocycles. The van der Waals surface area contributed by atoms with Crippen LogP contribution in [0.1, 0.15) is 35.6 Å². The van der Waals surface area contributed by atoms with Gasteiger partial charge in [-0.25, -0.2) is 4.39 Å². The Bertz CT molecular complexity index is 1140. The maximum Gasteiger partial charge on any atom is 0.307 e. The van der Waals surface area contributed by atoms with Crippen LogP contribution >= 0.6 is 0 Å². The molecule has 0 amide bonds. The van der Waals surface area contributed by atoms with Crippen molar-refractivity contribution in [2.75, 3.05) is 0 Å². The first-order valence-corrected chi connectivity index (χ1v) is 9.72. The second kappa shape index (κ2) is 8.37. The van der Waals surface area contributed by atoms with Gasteiger partial charge in [0.1, 0.15) is 18.2 Å². The number of hydrogen-bond acceptors (Lipinski definition) is 2. The van der Waals surface area contributed by atoms with E-state index in [2.05, 4.69) is 0 Å². The Balaban J connectivity index is 1.60. The summed E-state index contributed by atoms with van der Waals surface area (Å²) in [6.07, 6.45) is 1.77. The van der Waals surface area contributed by atoms with Crippen LogP contribution in [-0.4, -0.2) is 11.1 Å². The van der Waals surface area contributed by atoms with Crippen LogP contribution in [0.15, 0.2) is 78.4 Å². The van der Waals surface area contributed by atoms with Gasteiger partial charge in [0.2, 0.25) is 0 Å². The first-order valence-electron chi connectivity index (χ1n) is 9.72. The van der Waals surface area contributed by atoms with E-state index in [1.807, 2.05) is 73.7 Å². The number of hydrogen-bond donors (Lipinski definition) is 1. The van der Waals surface area contributed by atoms with E-state index in [1.165, 1.54) is 6.07 Å². The molecule has 0 saturated heterocycles. The largest absolute Gasteiger partial charge is 0.489 e. The van der Waals surface area contributed by atoms with Gasteiger partial charge in [0.25, 0.3) is 0 Å². The third-order valence-corrected chi connectivity index (χ3v) is 5.23. The summed E-state index contributed by atoms with van der Waals surface area (Å²) in [6.45, 7) is 2.32. The number of fused-ring (bicyclic) bond motifs is 1. The van der Waals surface area contributed by atoms with E-state index in [9.17, 15) is 14.3 Å². The quantitative estimate of drug-likeness (QED) is 0.535. The van der Waals surface area contributed by atoms with Crippen molar-refractivity contribution in [1.29, 1.82) is 0 Å². The first kappa shape index (κ1) is 19.6.